The van der Waals surface area contributed by atoms with E-state index in [1.807, 2.05) is 60.9 Å². The SMILES string of the molecule is O=COC(C[C@@H](Cc1cncnc1)CN1CCCC1)C1(O)c2ccccc2-c2ccccc21. The molecule has 6 heteroatoms. The van der Waals surface area contributed by atoms with Gasteiger partial charge in [-0.15, -0.1) is 0 Å². The first kappa shape index (κ1) is 21.7. The van der Waals surface area contributed by atoms with Crippen molar-refractivity contribution in [3.63, 3.8) is 0 Å². The van der Waals surface area contributed by atoms with E-state index in [2.05, 4.69) is 14.9 Å². The number of aliphatic hydroxyl groups is 1. The summed E-state index contributed by atoms with van der Waals surface area (Å²) in [6.07, 6.45) is 8.21. The van der Waals surface area contributed by atoms with Crippen molar-refractivity contribution in [2.24, 2.45) is 5.92 Å². The Morgan fingerprint density at radius 3 is 2.21 bits per heavy atom. The van der Waals surface area contributed by atoms with E-state index in [1.54, 1.807) is 0 Å². The van der Waals surface area contributed by atoms with Gasteiger partial charge in [-0.1, -0.05) is 48.5 Å². The van der Waals surface area contributed by atoms with Crippen LogP contribution in [0.1, 0.15) is 36.0 Å². The van der Waals surface area contributed by atoms with Gasteiger partial charge in [0.25, 0.3) is 6.47 Å². The summed E-state index contributed by atoms with van der Waals surface area (Å²) in [5.41, 5.74) is 3.21. The maximum atomic E-state index is 12.2. The number of ether oxygens (including phenoxy) is 1. The quantitative estimate of drug-likeness (QED) is 0.510. The first-order valence-electron chi connectivity index (χ1n) is 11.7. The minimum Gasteiger partial charge on any atom is -0.461 e. The molecule has 1 unspecified atom stereocenters. The van der Waals surface area contributed by atoms with Gasteiger partial charge in [-0.05, 0) is 72.5 Å². The number of likely N-dealkylation sites (tertiary alicyclic amines) is 1. The second-order valence-electron chi connectivity index (χ2n) is 9.14. The molecule has 0 saturated carbocycles. The molecular formula is C27H29N3O3. The van der Waals surface area contributed by atoms with Gasteiger partial charge in [-0.3, -0.25) is 4.79 Å². The van der Waals surface area contributed by atoms with Crippen LogP contribution in [0, 0.1) is 5.92 Å². The van der Waals surface area contributed by atoms with Crippen molar-refractivity contribution in [1.82, 2.24) is 14.9 Å². The van der Waals surface area contributed by atoms with Crippen molar-refractivity contribution < 1.29 is 14.6 Å². The Morgan fingerprint density at radius 2 is 1.61 bits per heavy atom. The molecule has 1 N–H and O–H groups in total. The van der Waals surface area contributed by atoms with Crippen LogP contribution in [-0.2, 0) is 21.6 Å². The molecule has 1 aromatic heterocycles. The molecule has 3 aromatic rings. The second-order valence-corrected chi connectivity index (χ2v) is 9.14. The largest absolute Gasteiger partial charge is 0.461 e. The van der Waals surface area contributed by atoms with Crippen LogP contribution in [0.2, 0.25) is 0 Å². The molecule has 1 aliphatic heterocycles. The highest BCUT2D eigenvalue weighted by Gasteiger charge is 2.49. The predicted molar refractivity (Wildman–Crippen MR) is 125 cm³/mol. The fourth-order valence-corrected chi connectivity index (χ4v) is 5.61. The van der Waals surface area contributed by atoms with Crippen LogP contribution in [0.15, 0.2) is 67.3 Å². The minimum atomic E-state index is -1.40. The molecule has 170 valence electrons. The van der Waals surface area contributed by atoms with Crippen LogP contribution < -0.4 is 0 Å². The van der Waals surface area contributed by atoms with E-state index in [9.17, 15) is 9.90 Å². The number of fused-ring (bicyclic) bond motifs is 3. The number of hydrogen-bond acceptors (Lipinski definition) is 6. The summed E-state index contributed by atoms with van der Waals surface area (Å²) in [6, 6.07) is 15.7. The summed E-state index contributed by atoms with van der Waals surface area (Å²) in [5.74, 6) is 0.169. The zero-order chi connectivity index (χ0) is 22.7. The Morgan fingerprint density at radius 1 is 1.00 bits per heavy atom. The molecule has 1 saturated heterocycles. The standard InChI is InChI=1S/C27H29N3O3/c31-19-33-26(14-20(17-30-11-5-6-12-30)13-21-15-28-18-29-16-21)27(32)24-9-3-1-7-22(24)23-8-2-4-10-25(23)27/h1-4,7-10,15-16,18-20,26,32H,5-6,11-14,17H2/t20-,26?/m1/s1. The lowest BCUT2D eigenvalue weighted by Gasteiger charge is -2.36. The van der Waals surface area contributed by atoms with Gasteiger partial charge in [0.2, 0.25) is 0 Å². The number of rotatable bonds is 9. The molecule has 2 aromatic carbocycles. The highest BCUT2D eigenvalue weighted by Crippen LogP contribution is 2.50. The number of nitrogens with zero attached hydrogens (tertiary/aromatic N) is 3. The molecule has 2 aliphatic rings. The van der Waals surface area contributed by atoms with Crippen molar-refractivity contribution in [3.8, 4) is 11.1 Å². The fraction of sp³-hybridized carbons (Fsp3) is 0.370. The van der Waals surface area contributed by atoms with Gasteiger partial charge in [0.15, 0.2) is 5.60 Å². The van der Waals surface area contributed by atoms with E-state index < -0.39 is 11.7 Å². The Labute approximate surface area is 194 Å². The van der Waals surface area contributed by atoms with Gasteiger partial charge in [0.05, 0.1) is 0 Å². The van der Waals surface area contributed by atoms with E-state index in [0.717, 1.165) is 53.9 Å². The number of carbonyl (C=O) groups excluding carboxylic acids is 1. The Balaban J connectivity index is 1.50. The van der Waals surface area contributed by atoms with Crippen LogP contribution in [-0.4, -0.2) is 52.2 Å². The van der Waals surface area contributed by atoms with Crippen LogP contribution in [0.25, 0.3) is 11.1 Å². The summed E-state index contributed by atoms with van der Waals surface area (Å²) in [6.45, 7) is 3.52. The summed E-state index contributed by atoms with van der Waals surface area (Å²) in [7, 11) is 0. The van der Waals surface area contributed by atoms with Crippen LogP contribution in [0.4, 0.5) is 0 Å². The fourth-order valence-electron chi connectivity index (χ4n) is 5.61. The second kappa shape index (κ2) is 9.41. The van der Waals surface area contributed by atoms with Gasteiger partial charge in [0.1, 0.15) is 12.4 Å². The van der Waals surface area contributed by atoms with Gasteiger partial charge in [-0.2, -0.15) is 0 Å². The van der Waals surface area contributed by atoms with Gasteiger partial charge in [0, 0.05) is 18.9 Å². The zero-order valence-corrected chi connectivity index (χ0v) is 18.6. The molecule has 2 heterocycles. The summed E-state index contributed by atoms with van der Waals surface area (Å²) in [4.78, 5) is 22.5. The third kappa shape index (κ3) is 4.16. The monoisotopic (exact) mass is 443 g/mol. The molecule has 0 bridgehead atoms. The predicted octanol–water partition coefficient (Wildman–Crippen LogP) is 3.58. The molecule has 2 atom stereocenters. The lowest BCUT2D eigenvalue weighted by atomic mass is 9.80. The zero-order valence-electron chi connectivity index (χ0n) is 18.6. The summed E-state index contributed by atoms with van der Waals surface area (Å²) < 4.78 is 5.69. The average molecular weight is 444 g/mol. The molecular weight excluding hydrogens is 414 g/mol. The lowest BCUT2D eigenvalue weighted by molar-refractivity contribution is -0.148. The van der Waals surface area contributed by atoms with Crippen LogP contribution in [0.3, 0.4) is 0 Å². The highest BCUT2D eigenvalue weighted by atomic mass is 16.5. The molecule has 6 nitrogen and oxygen atoms in total. The molecule has 5 rings (SSSR count). The van der Waals surface area contributed by atoms with E-state index in [-0.39, 0.29) is 5.92 Å². The molecule has 0 spiro atoms. The van der Waals surface area contributed by atoms with E-state index in [1.165, 1.54) is 19.2 Å². The number of aromatic nitrogens is 2. The molecule has 1 aliphatic carbocycles. The third-order valence-electron chi connectivity index (χ3n) is 7.05. The first-order chi connectivity index (χ1) is 16.2. The third-order valence-corrected chi connectivity index (χ3v) is 7.05. The number of carbonyl (C=O) groups is 1. The van der Waals surface area contributed by atoms with Crippen LogP contribution >= 0.6 is 0 Å². The average Bonchev–Trinajstić information content (AvgIpc) is 3.45. The minimum absolute atomic E-state index is 0.169. The molecule has 33 heavy (non-hydrogen) atoms. The van der Waals surface area contributed by atoms with Crippen LogP contribution in [0.5, 0.6) is 0 Å². The summed E-state index contributed by atoms with van der Waals surface area (Å²) in [5, 5.41) is 12.2. The van der Waals surface area contributed by atoms with E-state index in [0.29, 0.717) is 12.9 Å². The Kier molecular flexibility index (Phi) is 6.20. The van der Waals surface area contributed by atoms with E-state index in [4.69, 9.17) is 4.74 Å². The number of benzene rings is 2. The molecule has 0 amide bonds. The smallest absolute Gasteiger partial charge is 0.293 e. The maximum Gasteiger partial charge on any atom is 0.293 e. The first-order valence-corrected chi connectivity index (χ1v) is 11.7. The summed E-state index contributed by atoms with van der Waals surface area (Å²) >= 11 is 0. The normalized spacial score (nSPS) is 18.3. The Hall–Kier alpha value is -3.09. The Bertz CT molecular complexity index is 1050. The van der Waals surface area contributed by atoms with Gasteiger partial charge >= 0.3 is 0 Å². The van der Waals surface area contributed by atoms with E-state index >= 15 is 0 Å². The topological polar surface area (TPSA) is 75.5 Å². The van der Waals surface area contributed by atoms with Crippen molar-refractivity contribution in [2.75, 3.05) is 19.6 Å². The van der Waals surface area contributed by atoms with Crippen molar-refractivity contribution in [1.29, 1.82) is 0 Å². The van der Waals surface area contributed by atoms with Crippen molar-refractivity contribution >= 4 is 6.47 Å². The van der Waals surface area contributed by atoms with Crippen molar-refractivity contribution in [2.45, 2.75) is 37.4 Å². The maximum absolute atomic E-state index is 12.2. The lowest BCUT2D eigenvalue weighted by Crippen LogP contribution is -2.43. The van der Waals surface area contributed by atoms with Crippen molar-refractivity contribution in [3.05, 3.63) is 83.9 Å². The molecule has 1 fully saturated rings. The van der Waals surface area contributed by atoms with Gasteiger partial charge in [-0.25, -0.2) is 9.97 Å². The van der Waals surface area contributed by atoms with Gasteiger partial charge < -0.3 is 14.7 Å². The number of hydrogen-bond donors (Lipinski definition) is 1. The highest BCUT2D eigenvalue weighted by molar-refractivity contribution is 5.80. The molecule has 0 radical (unpaired) electrons.